The van der Waals surface area contributed by atoms with E-state index < -0.39 is 74.0 Å². The highest BCUT2D eigenvalue weighted by molar-refractivity contribution is 7.91. The first-order valence-electron chi connectivity index (χ1n) is 11.2. The second-order valence-corrected chi connectivity index (χ2v) is 13.2. The largest absolute Gasteiger partial charge is 0.420 e. The van der Waals surface area contributed by atoms with Gasteiger partial charge in [0.05, 0.1) is 15.4 Å². The second-order valence-electron chi connectivity index (χ2n) is 11.0. The van der Waals surface area contributed by atoms with Crippen molar-refractivity contribution < 1.29 is 35.3 Å². The van der Waals surface area contributed by atoms with Gasteiger partial charge in [0.15, 0.2) is 0 Å². The summed E-state index contributed by atoms with van der Waals surface area (Å²) in [5, 5.41) is 6.47. The quantitative estimate of drug-likeness (QED) is 0.462. The van der Waals surface area contributed by atoms with Crippen LogP contribution in [0.25, 0.3) is 0 Å². The Morgan fingerprint density at radius 1 is 1.17 bits per heavy atom. The van der Waals surface area contributed by atoms with Gasteiger partial charge in [0.25, 0.3) is 5.91 Å². The van der Waals surface area contributed by atoms with Crippen LogP contribution in [0.1, 0.15) is 60.8 Å². The number of benzene rings is 1. The van der Waals surface area contributed by atoms with Crippen molar-refractivity contribution in [1.82, 2.24) is 9.78 Å². The van der Waals surface area contributed by atoms with Crippen molar-refractivity contribution in [2.24, 2.45) is 5.41 Å². The Balaban J connectivity index is 1.58. The number of rotatable bonds is 6. The van der Waals surface area contributed by atoms with Gasteiger partial charge in [0, 0.05) is 41.6 Å². The molecule has 4 aliphatic rings. The molecule has 0 aliphatic heterocycles. The Bertz CT molecular complexity index is 1350. The van der Waals surface area contributed by atoms with Crippen LogP contribution >= 0.6 is 0 Å². The third-order valence-electron chi connectivity index (χ3n) is 7.36. The molecule has 6 nitrogen and oxygen atoms in total. The molecule has 0 radical (unpaired) electrons. The summed E-state index contributed by atoms with van der Waals surface area (Å²) in [5.74, 6) is -4.12. The van der Waals surface area contributed by atoms with E-state index in [9.17, 15) is 35.3 Å². The Labute approximate surface area is 203 Å². The smallest absolute Gasteiger partial charge is 0.321 e. The minimum Gasteiger partial charge on any atom is -0.321 e. The Morgan fingerprint density at radius 2 is 1.78 bits per heavy atom. The van der Waals surface area contributed by atoms with Crippen LogP contribution in [0.5, 0.6) is 0 Å². The summed E-state index contributed by atoms with van der Waals surface area (Å²) in [6.07, 6.45) is -5.37. The molecule has 4 aliphatic carbocycles. The lowest BCUT2D eigenvalue weighted by molar-refractivity contribution is -0.170. The van der Waals surface area contributed by atoms with Gasteiger partial charge in [-0.1, -0.05) is 13.0 Å². The molecule has 4 saturated carbocycles. The first-order valence-corrected chi connectivity index (χ1v) is 13.2. The Hall–Kier alpha value is -2.57. The monoisotopic (exact) mass is 534 g/mol. The first kappa shape index (κ1) is 25.1. The van der Waals surface area contributed by atoms with E-state index in [4.69, 9.17) is 4.78 Å². The maximum absolute atomic E-state index is 14.4. The summed E-state index contributed by atoms with van der Waals surface area (Å²) in [5.41, 5.74) is -6.27. The molecule has 0 unspecified atom stereocenters. The minimum atomic E-state index is -5.01. The zero-order chi connectivity index (χ0) is 26.5. The zero-order valence-corrected chi connectivity index (χ0v) is 20.3. The minimum absolute atomic E-state index is 0.0105. The fourth-order valence-electron chi connectivity index (χ4n) is 6.04. The van der Waals surface area contributed by atoms with Crippen molar-refractivity contribution in [2.45, 2.75) is 73.7 Å². The third-order valence-corrected chi connectivity index (χ3v) is 8.52. The van der Waals surface area contributed by atoms with Crippen LogP contribution in [0, 0.1) is 10.2 Å². The van der Waals surface area contributed by atoms with E-state index in [0.29, 0.717) is 0 Å². The van der Waals surface area contributed by atoms with E-state index >= 15 is 0 Å². The molecule has 4 fully saturated rings. The number of carbonyl (C=O) groups excluding carboxylic acids is 1. The summed E-state index contributed by atoms with van der Waals surface area (Å²) in [4.78, 5) is 13.4. The lowest BCUT2D eigenvalue weighted by atomic mass is 9.41. The molecule has 1 amide bonds. The van der Waals surface area contributed by atoms with E-state index in [1.165, 1.54) is 31.2 Å². The van der Waals surface area contributed by atoms with Gasteiger partial charge in [-0.15, -0.1) is 0 Å². The van der Waals surface area contributed by atoms with Crippen LogP contribution in [0.4, 0.5) is 32.0 Å². The standard InChI is InChI=1S/C23H24F6N4O2S/c1-19(7-22(25,26)8-19)12-33-16(18(34)31-13-4-3-5-14(6-13)36(2,30)35)15(23(27,28)29)17(32-33)20-9-21(24,10-20)11-20/h3-6,30H,7-12H2,1-2H3,(H,31,34)/t20?,21?,36-/m0/s1. The SMILES string of the molecule is CC1(Cn2nc(C34CC(F)(C3)C4)c(C(F)(F)F)c2C(=O)Nc2cccc([S@@](C)(=N)=O)c2)CC(F)(F)C1. The molecule has 1 aromatic heterocycles. The predicted octanol–water partition coefficient (Wildman–Crippen LogP) is 5.77. The van der Waals surface area contributed by atoms with E-state index in [-0.39, 0.29) is 36.4 Å². The molecule has 2 N–H and O–H groups in total. The van der Waals surface area contributed by atoms with Crippen molar-refractivity contribution >= 4 is 21.3 Å². The van der Waals surface area contributed by atoms with Crippen molar-refractivity contribution in [1.29, 1.82) is 4.78 Å². The number of alkyl halides is 6. The third kappa shape index (κ3) is 4.08. The summed E-state index contributed by atoms with van der Waals surface area (Å²) in [6.45, 7) is 1.15. The fourth-order valence-corrected chi connectivity index (χ4v) is 6.73. The summed E-state index contributed by atoms with van der Waals surface area (Å²) in [6, 6.07) is 5.38. The van der Waals surface area contributed by atoms with Crippen molar-refractivity contribution in [3.05, 3.63) is 41.2 Å². The molecule has 1 atom stereocenters. The highest BCUT2D eigenvalue weighted by Gasteiger charge is 2.72. The number of nitrogens with one attached hydrogen (secondary N) is 2. The number of anilines is 1. The normalized spacial score (nSPS) is 29.3. The molecule has 196 valence electrons. The molecule has 0 saturated heterocycles. The van der Waals surface area contributed by atoms with E-state index in [1.807, 2.05) is 0 Å². The molecule has 13 heteroatoms. The predicted molar refractivity (Wildman–Crippen MR) is 118 cm³/mol. The lowest BCUT2D eigenvalue weighted by Crippen LogP contribution is -2.67. The van der Waals surface area contributed by atoms with Crippen LogP contribution in [0.15, 0.2) is 29.2 Å². The van der Waals surface area contributed by atoms with Gasteiger partial charge >= 0.3 is 6.18 Å². The van der Waals surface area contributed by atoms with Crippen LogP contribution in [-0.2, 0) is 27.9 Å². The van der Waals surface area contributed by atoms with Gasteiger partial charge in [-0.05, 0) is 42.9 Å². The van der Waals surface area contributed by atoms with Gasteiger partial charge in [0.1, 0.15) is 16.9 Å². The fraction of sp³-hybridized carbons (Fsp3) is 0.565. The number of amides is 1. The average Bonchev–Trinajstić information content (AvgIpc) is 3.01. The number of hydrogen-bond acceptors (Lipinski definition) is 4. The van der Waals surface area contributed by atoms with Gasteiger partial charge < -0.3 is 5.32 Å². The van der Waals surface area contributed by atoms with Crippen LogP contribution < -0.4 is 5.32 Å². The zero-order valence-electron chi connectivity index (χ0n) is 19.4. The summed E-state index contributed by atoms with van der Waals surface area (Å²) < 4.78 is 105. The average molecular weight is 535 g/mol. The van der Waals surface area contributed by atoms with E-state index in [0.717, 1.165) is 10.9 Å². The van der Waals surface area contributed by atoms with E-state index in [2.05, 4.69) is 10.4 Å². The number of hydrogen-bond donors (Lipinski definition) is 2. The molecular formula is C23H24F6N4O2S. The number of nitrogens with zero attached hydrogens (tertiary/aromatic N) is 2. The molecule has 36 heavy (non-hydrogen) atoms. The number of halogens is 6. The maximum atomic E-state index is 14.4. The first-order chi connectivity index (χ1) is 16.3. The number of carbonyl (C=O) groups is 1. The summed E-state index contributed by atoms with van der Waals surface area (Å²) >= 11 is 0. The molecule has 1 aromatic carbocycles. The van der Waals surface area contributed by atoms with Crippen LogP contribution in [0.3, 0.4) is 0 Å². The second kappa shape index (κ2) is 7.26. The Kier molecular flexibility index (Phi) is 5.06. The van der Waals surface area contributed by atoms with E-state index in [1.54, 1.807) is 0 Å². The molecule has 2 aromatic rings. The highest BCUT2D eigenvalue weighted by atomic mass is 32.2. The van der Waals surface area contributed by atoms with Gasteiger partial charge in [0.2, 0.25) is 5.92 Å². The molecule has 0 spiro atoms. The van der Waals surface area contributed by atoms with Crippen LogP contribution in [0.2, 0.25) is 0 Å². The molecule has 2 bridgehead atoms. The topological polar surface area (TPSA) is 87.8 Å². The maximum Gasteiger partial charge on any atom is 0.420 e. The van der Waals surface area contributed by atoms with Gasteiger partial charge in [-0.25, -0.2) is 22.2 Å². The van der Waals surface area contributed by atoms with Crippen LogP contribution in [-0.4, -0.2) is 37.7 Å². The number of aromatic nitrogens is 2. The highest BCUT2D eigenvalue weighted by Crippen LogP contribution is 2.70. The Morgan fingerprint density at radius 3 is 2.28 bits per heavy atom. The molecule has 6 rings (SSSR count). The van der Waals surface area contributed by atoms with Gasteiger partial charge in [-0.3, -0.25) is 9.48 Å². The molecule has 1 heterocycles. The van der Waals surface area contributed by atoms with Crippen molar-refractivity contribution in [3.63, 3.8) is 0 Å². The molecular weight excluding hydrogens is 510 g/mol. The van der Waals surface area contributed by atoms with Crippen molar-refractivity contribution in [2.75, 3.05) is 11.6 Å². The summed E-state index contributed by atoms with van der Waals surface area (Å²) in [7, 11) is -3.16. The lowest BCUT2D eigenvalue weighted by Gasteiger charge is -2.65. The van der Waals surface area contributed by atoms with Gasteiger partial charge in [-0.2, -0.15) is 18.3 Å². The van der Waals surface area contributed by atoms with Crippen molar-refractivity contribution in [3.8, 4) is 0 Å².